The average Bonchev–Trinajstić information content (AvgIpc) is 2.62. The lowest BCUT2D eigenvalue weighted by atomic mass is 10.1. The third-order valence-corrected chi connectivity index (χ3v) is 3.51. The van der Waals surface area contributed by atoms with Crippen LogP contribution in [0.3, 0.4) is 0 Å². The van der Waals surface area contributed by atoms with Gasteiger partial charge in [0.15, 0.2) is 0 Å². The first-order valence-electron chi connectivity index (χ1n) is 7.72. The number of amides is 2. The van der Waals surface area contributed by atoms with Crippen molar-refractivity contribution in [2.24, 2.45) is 0 Å². The zero-order valence-corrected chi connectivity index (χ0v) is 13.7. The van der Waals surface area contributed by atoms with Crippen LogP contribution in [0.4, 0.5) is 0 Å². The molecule has 126 valence electrons. The standard InChI is InChI=1S/C19H21NO4/c1-23-12-11-20(15-21)19(22)13-16-7-9-18(10-8-16)24-14-17-5-3-2-4-6-17/h2-10,15H,11-14H2,1H3. The molecule has 0 radical (unpaired) electrons. The van der Waals surface area contributed by atoms with Gasteiger partial charge in [0.25, 0.3) is 0 Å². The SMILES string of the molecule is COCCN(C=O)C(=O)Cc1ccc(OCc2ccccc2)cc1. The Morgan fingerprint density at radius 3 is 2.38 bits per heavy atom. The quantitative estimate of drug-likeness (QED) is 0.664. The van der Waals surface area contributed by atoms with Gasteiger partial charge < -0.3 is 9.47 Å². The van der Waals surface area contributed by atoms with E-state index >= 15 is 0 Å². The Kier molecular flexibility index (Phi) is 6.98. The second kappa shape index (κ2) is 9.47. The molecule has 24 heavy (non-hydrogen) atoms. The van der Waals surface area contributed by atoms with Gasteiger partial charge >= 0.3 is 0 Å². The number of rotatable bonds is 9. The lowest BCUT2D eigenvalue weighted by Crippen LogP contribution is -2.33. The fraction of sp³-hybridized carbons (Fsp3) is 0.263. The summed E-state index contributed by atoms with van der Waals surface area (Å²) in [5.41, 5.74) is 1.92. The maximum absolute atomic E-state index is 12.1. The van der Waals surface area contributed by atoms with Gasteiger partial charge in [-0.25, -0.2) is 0 Å². The molecule has 0 aromatic heterocycles. The first kappa shape index (κ1) is 17.7. The van der Waals surface area contributed by atoms with Crippen molar-refractivity contribution in [3.05, 3.63) is 65.7 Å². The first-order chi connectivity index (χ1) is 11.7. The van der Waals surface area contributed by atoms with Crippen LogP contribution in [0, 0.1) is 0 Å². The molecule has 0 unspecified atom stereocenters. The summed E-state index contributed by atoms with van der Waals surface area (Å²) in [6, 6.07) is 17.2. The van der Waals surface area contributed by atoms with Crippen molar-refractivity contribution in [2.75, 3.05) is 20.3 Å². The van der Waals surface area contributed by atoms with Crippen molar-refractivity contribution < 1.29 is 19.1 Å². The van der Waals surface area contributed by atoms with Gasteiger partial charge in [0.2, 0.25) is 12.3 Å². The van der Waals surface area contributed by atoms with Gasteiger partial charge in [0.05, 0.1) is 19.6 Å². The van der Waals surface area contributed by atoms with Crippen LogP contribution in [0.2, 0.25) is 0 Å². The smallest absolute Gasteiger partial charge is 0.233 e. The molecule has 0 heterocycles. The van der Waals surface area contributed by atoms with Gasteiger partial charge in [-0.3, -0.25) is 14.5 Å². The fourth-order valence-electron chi connectivity index (χ4n) is 2.15. The lowest BCUT2D eigenvalue weighted by Gasteiger charge is -2.15. The number of carbonyl (C=O) groups is 2. The summed E-state index contributed by atoms with van der Waals surface area (Å²) in [5, 5.41) is 0. The monoisotopic (exact) mass is 327 g/mol. The highest BCUT2D eigenvalue weighted by molar-refractivity contribution is 5.87. The minimum Gasteiger partial charge on any atom is -0.489 e. The molecule has 0 aliphatic rings. The summed E-state index contributed by atoms with van der Waals surface area (Å²) in [6.07, 6.45) is 0.708. The first-order valence-corrected chi connectivity index (χ1v) is 7.72. The van der Waals surface area contributed by atoms with E-state index in [1.807, 2.05) is 54.6 Å². The molecule has 5 nitrogen and oxygen atoms in total. The van der Waals surface area contributed by atoms with Gasteiger partial charge in [-0.1, -0.05) is 42.5 Å². The number of carbonyl (C=O) groups excluding carboxylic acids is 2. The second-order valence-electron chi connectivity index (χ2n) is 5.28. The van der Waals surface area contributed by atoms with E-state index < -0.39 is 0 Å². The summed E-state index contributed by atoms with van der Waals surface area (Å²) in [4.78, 5) is 24.1. The summed E-state index contributed by atoms with van der Waals surface area (Å²) in [5.74, 6) is 0.488. The molecule has 2 aromatic rings. The molecule has 0 spiro atoms. The van der Waals surface area contributed by atoms with E-state index in [9.17, 15) is 9.59 Å². The predicted molar refractivity (Wildman–Crippen MR) is 90.6 cm³/mol. The largest absolute Gasteiger partial charge is 0.489 e. The maximum atomic E-state index is 12.1. The fourth-order valence-corrected chi connectivity index (χ4v) is 2.15. The number of imide groups is 1. The number of ether oxygens (including phenoxy) is 2. The average molecular weight is 327 g/mol. The molecule has 5 heteroatoms. The van der Waals surface area contributed by atoms with Crippen molar-refractivity contribution >= 4 is 12.3 Å². The van der Waals surface area contributed by atoms with Crippen LogP contribution < -0.4 is 4.74 Å². The number of nitrogens with zero attached hydrogens (tertiary/aromatic N) is 1. The zero-order valence-electron chi connectivity index (χ0n) is 13.7. The third kappa shape index (κ3) is 5.52. The topological polar surface area (TPSA) is 55.8 Å². The summed E-state index contributed by atoms with van der Waals surface area (Å²) >= 11 is 0. The number of benzene rings is 2. The Morgan fingerprint density at radius 1 is 1.04 bits per heavy atom. The van der Waals surface area contributed by atoms with E-state index in [0.717, 1.165) is 21.8 Å². The Hall–Kier alpha value is -2.66. The van der Waals surface area contributed by atoms with E-state index in [0.29, 0.717) is 19.6 Å². The van der Waals surface area contributed by atoms with E-state index in [4.69, 9.17) is 9.47 Å². The molecule has 2 aromatic carbocycles. The van der Waals surface area contributed by atoms with Crippen LogP contribution in [0.5, 0.6) is 5.75 Å². The van der Waals surface area contributed by atoms with Gasteiger partial charge in [0, 0.05) is 7.11 Å². The highest BCUT2D eigenvalue weighted by Crippen LogP contribution is 2.15. The number of hydrogen-bond donors (Lipinski definition) is 0. The van der Waals surface area contributed by atoms with Crippen molar-refractivity contribution in [3.8, 4) is 5.75 Å². The van der Waals surface area contributed by atoms with E-state index in [-0.39, 0.29) is 18.9 Å². The minimum absolute atomic E-state index is 0.168. The molecular weight excluding hydrogens is 306 g/mol. The van der Waals surface area contributed by atoms with Crippen LogP contribution in [-0.4, -0.2) is 37.5 Å². The predicted octanol–water partition coefficient (Wildman–Crippen LogP) is 2.44. The molecule has 0 saturated heterocycles. The molecular formula is C19H21NO4. The Morgan fingerprint density at radius 2 is 1.75 bits per heavy atom. The molecule has 0 aliphatic heterocycles. The highest BCUT2D eigenvalue weighted by Gasteiger charge is 2.12. The van der Waals surface area contributed by atoms with Crippen molar-refractivity contribution in [1.82, 2.24) is 4.90 Å². The lowest BCUT2D eigenvalue weighted by molar-refractivity contribution is -0.138. The molecule has 0 atom stereocenters. The van der Waals surface area contributed by atoms with Gasteiger partial charge in [-0.05, 0) is 23.3 Å². The molecule has 2 rings (SSSR count). The Balaban J connectivity index is 1.87. The Labute approximate surface area is 141 Å². The van der Waals surface area contributed by atoms with Crippen molar-refractivity contribution in [2.45, 2.75) is 13.0 Å². The molecule has 0 bridgehead atoms. The molecule has 0 fully saturated rings. The van der Waals surface area contributed by atoms with Crippen molar-refractivity contribution in [1.29, 1.82) is 0 Å². The summed E-state index contributed by atoms with van der Waals surface area (Å²) in [7, 11) is 1.53. The number of hydrogen-bond acceptors (Lipinski definition) is 4. The van der Waals surface area contributed by atoms with E-state index in [1.165, 1.54) is 7.11 Å². The van der Waals surface area contributed by atoms with Crippen LogP contribution in [0.15, 0.2) is 54.6 Å². The molecule has 2 amide bonds. The molecule has 0 N–H and O–H groups in total. The van der Waals surface area contributed by atoms with Gasteiger partial charge in [-0.2, -0.15) is 0 Å². The van der Waals surface area contributed by atoms with Crippen LogP contribution in [0.1, 0.15) is 11.1 Å². The second-order valence-corrected chi connectivity index (χ2v) is 5.28. The zero-order chi connectivity index (χ0) is 17.2. The molecule has 0 saturated carbocycles. The van der Waals surface area contributed by atoms with Crippen molar-refractivity contribution in [3.63, 3.8) is 0 Å². The molecule has 0 aliphatic carbocycles. The summed E-state index contributed by atoms with van der Waals surface area (Å²) in [6.45, 7) is 1.09. The minimum atomic E-state index is -0.250. The third-order valence-electron chi connectivity index (χ3n) is 3.51. The van der Waals surface area contributed by atoms with E-state index in [2.05, 4.69) is 0 Å². The van der Waals surface area contributed by atoms with Crippen LogP contribution in [-0.2, 0) is 27.4 Å². The van der Waals surface area contributed by atoms with Gasteiger partial charge in [-0.15, -0.1) is 0 Å². The Bertz CT molecular complexity index is 640. The van der Waals surface area contributed by atoms with E-state index in [1.54, 1.807) is 0 Å². The highest BCUT2D eigenvalue weighted by atomic mass is 16.5. The van der Waals surface area contributed by atoms with Crippen LogP contribution >= 0.6 is 0 Å². The summed E-state index contributed by atoms with van der Waals surface area (Å²) < 4.78 is 10.6. The van der Waals surface area contributed by atoms with Crippen LogP contribution in [0.25, 0.3) is 0 Å². The van der Waals surface area contributed by atoms with Gasteiger partial charge in [0.1, 0.15) is 12.4 Å². The normalized spacial score (nSPS) is 10.2. The maximum Gasteiger partial charge on any atom is 0.233 e. The number of methoxy groups -OCH3 is 1.